The molecule has 0 saturated carbocycles. The molecule has 4 heterocycles. The number of ether oxygens (including phenoxy) is 1. The number of methoxy groups -OCH3 is 1. The van der Waals surface area contributed by atoms with Crippen LogP contribution in [0.5, 0.6) is 0 Å². The molecular weight excluding hydrogens is 456 g/mol. The second-order valence-corrected chi connectivity index (χ2v) is 8.47. The van der Waals surface area contributed by atoms with Crippen LogP contribution in [0, 0.1) is 0 Å². The van der Waals surface area contributed by atoms with Gasteiger partial charge in [-0.2, -0.15) is 0 Å². The number of anilines is 2. The van der Waals surface area contributed by atoms with Gasteiger partial charge >= 0.3 is 0 Å². The van der Waals surface area contributed by atoms with E-state index in [4.69, 9.17) is 16.3 Å². The first-order valence-corrected chi connectivity index (χ1v) is 11.5. The normalized spacial score (nSPS) is 14.2. The van der Waals surface area contributed by atoms with Crippen molar-refractivity contribution in [2.75, 3.05) is 56.7 Å². The number of nitrogens with one attached hydrogen (secondary N) is 2. The number of aromatic nitrogens is 5. The Morgan fingerprint density at radius 1 is 1.18 bits per heavy atom. The molecule has 0 bridgehead atoms. The van der Waals surface area contributed by atoms with Crippen LogP contribution < -0.4 is 10.2 Å². The Labute approximate surface area is 201 Å². The molecule has 0 aliphatic carbocycles. The van der Waals surface area contributed by atoms with Crippen molar-refractivity contribution in [2.45, 2.75) is 6.42 Å². The monoisotopic (exact) mass is 480 g/mol. The fourth-order valence-electron chi connectivity index (χ4n) is 4.39. The number of fused-ring (bicyclic) bond motifs is 2. The summed E-state index contributed by atoms with van der Waals surface area (Å²) in [7, 11) is 1.54. The zero-order valence-corrected chi connectivity index (χ0v) is 19.5. The van der Waals surface area contributed by atoms with Crippen molar-refractivity contribution in [2.24, 2.45) is 0 Å². The maximum atomic E-state index is 12.2. The third-order valence-corrected chi connectivity index (χ3v) is 6.33. The number of halogens is 1. The van der Waals surface area contributed by atoms with Crippen LogP contribution in [0.2, 0.25) is 5.02 Å². The number of imidazole rings is 1. The van der Waals surface area contributed by atoms with Crippen LogP contribution in [0.25, 0.3) is 22.1 Å². The number of piperazine rings is 1. The molecule has 2 N–H and O–H groups in total. The molecular formula is C23H25ClN8O2. The van der Waals surface area contributed by atoms with E-state index in [1.807, 2.05) is 23.1 Å². The Morgan fingerprint density at radius 3 is 2.85 bits per heavy atom. The number of carbonyl (C=O) groups excluding carboxylic acids is 1. The minimum absolute atomic E-state index is 0.0141. The van der Waals surface area contributed by atoms with E-state index >= 15 is 0 Å². The van der Waals surface area contributed by atoms with Gasteiger partial charge in [-0.15, -0.1) is 0 Å². The molecule has 3 aromatic heterocycles. The number of H-pyrrole nitrogens is 1. The average Bonchev–Trinajstić information content (AvgIpc) is 3.35. The topological polar surface area (TPSA) is 112 Å². The predicted molar refractivity (Wildman–Crippen MR) is 131 cm³/mol. The van der Waals surface area contributed by atoms with Gasteiger partial charge in [0.05, 0.1) is 22.6 Å². The smallest absolute Gasteiger partial charge is 0.248 e. The standard InChI is InChI=1S/C23H25ClN8O2/c1-34-12-18(33)31-7-9-32(10-8-31)21-15(11-17(24)16-3-2-5-25-19(16)21)4-6-26-22-20-23(28-13-27-20)30-14-29-22/h2-3,5,11,13-14H,4,6-10,12H2,1H3,(H2,26,27,28,29,30). The number of amides is 1. The molecule has 1 amide bonds. The Kier molecular flexibility index (Phi) is 6.41. The average molecular weight is 481 g/mol. The molecule has 5 rings (SSSR count). The first-order valence-electron chi connectivity index (χ1n) is 11.1. The molecule has 0 atom stereocenters. The van der Waals surface area contributed by atoms with E-state index < -0.39 is 0 Å². The fourth-order valence-corrected chi connectivity index (χ4v) is 4.67. The molecule has 10 nitrogen and oxygen atoms in total. The lowest BCUT2D eigenvalue weighted by molar-refractivity contribution is -0.135. The molecule has 1 aliphatic heterocycles. The van der Waals surface area contributed by atoms with E-state index in [0.717, 1.165) is 22.2 Å². The number of carbonyl (C=O) groups is 1. The summed E-state index contributed by atoms with van der Waals surface area (Å²) in [5.41, 5.74) is 4.43. The van der Waals surface area contributed by atoms with Crippen LogP contribution in [0.4, 0.5) is 11.5 Å². The summed E-state index contributed by atoms with van der Waals surface area (Å²) in [6.07, 6.45) is 5.61. The van der Waals surface area contributed by atoms with Gasteiger partial charge in [0.15, 0.2) is 11.5 Å². The highest BCUT2D eigenvalue weighted by molar-refractivity contribution is 6.36. The molecule has 1 aliphatic rings. The number of nitrogens with zero attached hydrogens (tertiary/aromatic N) is 6. The number of benzene rings is 1. The molecule has 176 valence electrons. The maximum absolute atomic E-state index is 12.2. The first-order chi connectivity index (χ1) is 16.7. The van der Waals surface area contributed by atoms with Crippen molar-refractivity contribution in [1.82, 2.24) is 29.8 Å². The van der Waals surface area contributed by atoms with E-state index in [-0.39, 0.29) is 12.5 Å². The second kappa shape index (κ2) is 9.78. The van der Waals surface area contributed by atoms with Gasteiger partial charge in [0.25, 0.3) is 0 Å². The Morgan fingerprint density at radius 2 is 2.03 bits per heavy atom. The van der Waals surface area contributed by atoms with Crippen molar-refractivity contribution >= 4 is 51.1 Å². The minimum Gasteiger partial charge on any atom is -0.375 e. The van der Waals surface area contributed by atoms with Gasteiger partial charge in [-0.3, -0.25) is 9.78 Å². The Hall–Kier alpha value is -3.50. The minimum atomic E-state index is 0.0141. The summed E-state index contributed by atoms with van der Waals surface area (Å²) in [4.78, 5) is 36.9. The number of hydrogen-bond acceptors (Lipinski definition) is 8. The molecule has 0 radical (unpaired) electrons. The molecule has 1 fully saturated rings. The summed E-state index contributed by atoms with van der Waals surface area (Å²) in [5.74, 6) is 0.697. The summed E-state index contributed by atoms with van der Waals surface area (Å²) in [6, 6.07) is 5.91. The largest absolute Gasteiger partial charge is 0.375 e. The highest BCUT2D eigenvalue weighted by Crippen LogP contribution is 2.35. The van der Waals surface area contributed by atoms with Crippen molar-refractivity contribution < 1.29 is 9.53 Å². The molecule has 1 saturated heterocycles. The van der Waals surface area contributed by atoms with Crippen LogP contribution in [-0.4, -0.2) is 82.2 Å². The molecule has 0 unspecified atom stereocenters. The highest BCUT2D eigenvalue weighted by Gasteiger charge is 2.25. The second-order valence-electron chi connectivity index (χ2n) is 8.07. The van der Waals surface area contributed by atoms with Gasteiger partial charge in [0.1, 0.15) is 18.5 Å². The Bertz CT molecular complexity index is 1320. The molecule has 0 spiro atoms. The van der Waals surface area contributed by atoms with Gasteiger partial charge in [-0.05, 0) is 30.2 Å². The molecule has 34 heavy (non-hydrogen) atoms. The van der Waals surface area contributed by atoms with Gasteiger partial charge in [0.2, 0.25) is 5.91 Å². The van der Waals surface area contributed by atoms with E-state index in [0.29, 0.717) is 61.1 Å². The molecule has 4 aromatic rings. The number of hydrogen-bond donors (Lipinski definition) is 2. The zero-order valence-electron chi connectivity index (χ0n) is 18.8. The van der Waals surface area contributed by atoms with Crippen LogP contribution in [-0.2, 0) is 16.0 Å². The SMILES string of the molecule is COCC(=O)N1CCN(c2c(CCNc3ncnc4[nH]cnc34)cc(Cl)c3cccnc23)CC1. The van der Waals surface area contributed by atoms with E-state index in [9.17, 15) is 4.79 Å². The lowest BCUT2D eigenvalue weighted by Crippen LogP contribution is -2.50. The van der Waals surface area contributed by atoms with Gasteiger partial charge in [-0.25, -0.2) is 15.0 Å². The maximum Gasteiger partial charge on any atom is 0.248 e. The van der Waals surface area contributed by atoms with Crippen molar-refractivity contribution in [1.29, 1.82) is 0 Å². The summed E-state index contributed by atoms with van der Waals surface area (Å²) < 4.78 is 5.01. The molecule has 11 heteroatoms. The fraction of sp³-hybridized carbons (Fsp3) is 0.348. The van der Waals surface area contributed by atoms with Crippen molar-refractivity contribution in [3.8, 4) is 0 Å². The van der Waals surface area contributed by atoms with Crippen LogP contribution in [0.3, 0.4) is 0 Å². The lowest BCUT2D eigenvalue weighted by Gasteiger charge is -2.37. The summed E-state index contributed by atoms with van der Waals surface area (Å²) in [6.45, 7) is 3.43. The van der Waals surface area contributed by atoms with Crippen LogP contribution >= 0.6 is 11.6 Å². The van der Waals surface area contributed by atoms with E-state index in [1.54, 1.807) is 19.6 Å². The number of pyridine rings is 1. The van der Waals surface area contributed by atoms with Crippen molar-refractivity contribution in [3.05, 3.63) is 47.6 Å². The van der Waals surface area contributed by atoms with Crippen LogP contribution in [0.1, 0.15) is 5.56 Å². The van der Waals surface area contributed by atoms with Gasteiger partial charge in [-0.1, -0.05) is 11.6 Å². The summed E-state index contributed by atoms with van der Waals surface area (Å²) >= 11 is 6.65. The zero-order chi connectivity index (χ0) is 23.5. The highest BCUT2D eigenvalue weighted by atomic mass is 35.5. The predicted octanol–water partition coefficient (Wildman–Crippen LogP) is 2.50. The van der Waals surface area contributed by atoms with Gasteiger partial charge in [0, 0.05) is 51.4 Å². The third kappa shape index (κ3) is 4.34. The molecule has 1 aromatic carbocycles. The lowest BCUT2D eigenvalue weighted by atomic mass is 10.0. The van der Waals surface area contributed by atoms with Gasteiger partial charge < -0.3 is 24.8 Å². The Balaban J connectivity index is 1.40. The first kappa shape index (κ1) is 22.3. The number of rotatable bonds is 7. The van der Waals surface area contributed by atoms with Crippen LogP contribution in [0.15, 0.2) is 37.1 Å². The third-order valence-electron chi connectivity index (χ3n) is 6.01. The van der Waals surface area contributed by atoms with Crippen molar-refractivity contribution in [3.63, 3.8) is 0 Å². The number of aromatic amines is 1. The quantitative estimate of drug-likeness (QED) is 0.415. The van der Waals surface area contributed by atoms with E-state index in [2.05, 4.69) is 35.1 Å². The van der Waals surface area contributed by atoms with E-state index in [1.165, 1.54) is 6.33 Å². The summed E-state index contributed by atoms with van der Waals surface area (Å²) in [5, 5.41) is 4.97.